The highest BCUT2D eigenvalue weighted by molar-refractivity contribution is 5.94. The van der Waals surface area contributed by atoms with E-state index in [0.29, 0.717) is 5.56 Å². The van der Waals surface area contributed by atoms with E-state index in [1.54, 1.807) is 0 Å². The Kier molecular flexibility index (Phi) is 3.39. The fourth-order valence-electron chi connectivity index (χ4n) is 2.07. The Bertz CT molecular complexity index is 373. The second-order valence-corrected chi connectivity index (χ2v) is 4.24. The summed E-state index contributed by atoms with van der Waals surface area (Å²) in [5.41, 5.74) is 0.422. The summed E-state index contributed by atoms with van der Waals surface area (Å²) >= 11 is 0. The monoisotopic (exact) mass is 220 g/mol. The van der Waals surface area contributed by atoms with Crippen LogP contribution in [0.3, 0.4) is 0 Å². The van der Waals surface area contributed by atoms with Crippen LogP contribution < -0.4 is 5.32 Å². The largest absolute Gasteiger partial charge is 0.506 e. The van der Waals surface area contributed by atoms with Gasteiger partial charge in [-0.2, -0.15) is 0 Å². The Labute approximate surface area is 94.7 Å². The molecule has 1 heterocycles. The normalized spacial score (nSPS) is 17.0. The Hall–Kier alpha value is -1.58. The lowest BCUT2D eigenvalue weighted by Crippen LogP contribution is -2.36. The maximum absolute atomic E-state index is 11.8. The standard InChI is InChI=1S/C12H16N2O2/c15-11-6-9(7-13-8-11)12(16)14-10-4-2-1-3-5-10/h6-8,10,15H,1-5H2,(H,14,16). The van der Waals surface area contributed by atoms with E-state index in [1.165, 1.54) is 37.7 Å². The molecule has 1 aromatic heterocycles. The molecule has 4 heteroatoms. The van der Waals surface area contributed by atoms with Gasteiger partial charge in [0.1, 0.15) is 5.75 Å². The van der Waals surface area contributed by atoms with Crippen molar-refractivity contribution in [1.29, 1.82) is 0 Å². The van der Waals surface area contributed by atoms with Gasteiger partial charge in [-0.15, -0.1) is 0 Å². The minimum atomic E-state index is -0.143. The van der Waals surface area contributed by atoms with Crippen molar-refractivity contribution >= 4 is 5.91 Å². The lowest BCUT2D eigenvalue weighted by molar-refractivity contribution is 0.0927. The lowest BCUT2D eigenvalue weighted by Gasteiger charge is -2.22. The summed E-state index contributed by atoms with van der Waals surface area (Å²) in [6.45, 7) is 0. The van der Waals surface area contributed by atoms with Crippen LogP contribution in [0.2, 0.25) is 0 Å². The van der Waals surface area contributed by atoms with Gasteiger partial charge in [-0.25, -0.2) is 0 Å². The van der Waals surface area contributed by atoms with E-state index in [2.05, 4.69) is 10.3 Å². The zero-order chi connectivity index (χ0) is 11.4. The molecule has 1 fully saturated rings. The number of nitrogens with one attached hydrogen (secondary N) is 1. The second kappa shape index (κ2) is 4.96. The molecule has 0 spiro atoms. The number of aromatic hydroxyl groups is 1. The van der Waals surface area contributed by atoms with Crippen molar-refractivity contribution in [3.8, 4) is 5.75 Å². The van der Waals surface area contributed by atoms with Crippen LogP contribution in [0.5, 0.6) is 5.75 Å². The molecule has 1 amide bonds. The number of pyridine rings is 1. The third-order valence-electron chi connectivity index (χ3n) is 2.93. The molecule has 1 saturated carbocycles. The first kappa shape index (κ1) is 10.9. The quantitative estimate of drug-likeness (QED) is 0.799. The molecule has 0 saturated heterocycles. The molecule has 16 heavy (non-hydrogen) atoms. The van der Waals surface area contributed by atoms with Crippen molar-refractivity contribution in [3.05, 3.63) is 24.0 Å². The van der Waals surface area contributed by atoms with Gasteiger partial charge in [0.15, 0.2) is 0 Å². The van der Waals surface area contributed by atoms with Gasteiger partial charge in [-0.1, -0.05) is 19.3 Å². The first-order valence-corrected chi connectivity index (χ1v) is 5.70. The van der Waals surface area contributed by atoms with E-state index in [0.717, 1.165) is 12.8 Å². The summed E-state index contributed by atoms with van der Waals surface area (Å²) < 4.78 is 0. The van der Waals surface area contributed by atoms with Crippen LogP contribution in [0.4, 0.5) is 0 Å². The van der Waals surface area contributed by atoms with Gasteiger partial charge in [0.05, 0.1) is 11.8 Å². The highest BCUT2D eigenvalue weighted by Gasteiger charge is 2.16. The average molecular weight is 220 g/mol. The van der Waals surface area contributed by atoms with Crippen LogP contribution in [0.1, 0.15) is 42.5 Å². The van der Waals surface area contributed by atoms with E-state index in [-0.39, 0.29) is 17.7 Å². The number of nitrogens with zero attached hydrogens (tertiary/aromatic N) is 1. The zero-order valence-corrected chi connectivity index (χ0v) is 9.15. The Morgan fingerprint density at radius 1 is 1.31 bits per heavy atom. The highest BCUT2D eigenvalue weighted by atomic mass is 16.3. The third kappa shape index (κ3) is 2.72. The molecule has 1 aliphatic rings. The molecule has 1 aliphatic carbocycles. The summed E-state index contributed by atoms with van der Waals surface area (Å²) in [7, 11) is 0. The SMILES string of the molecule is O=C(NC1CCCCC1)c1cncc(O)c1. The molecule has 0 aliphatic heterocycles. The molecular formula is C12H16N2O2. The van der Waals surface area contributed by atoms with Crippen molar-refractivity contribution in [1.82, 2.24) is 10.3 Å². The molecule has 0 unspecified atom stereocenters. The van der Waals surface area contributed by atoms with Gasteiger partial charge >= 0.3 is 0 Å². The molecule has 2 N–H and O–H groups in total. The molecule has 0 aromatic carbocycles. The Morgan fingerprint density at radius 2 is 2.06 bits per heavy atom. The fraction of sp³-hybridized carbons (Fsp3) is 0.500. The number of amides is 1. The van der Waals surface area contributed by atoms with Gasteiger partial charge in [-0.05, 0) is 18.9 Å². The highest BCUT2D eigenvalue weighted by Crippen LogP contribution is 2.18. The minimum absolute atomic E-state index is 0.0243. The second-order valence-electron chi connectivity index (χ2n) is 4.24. The summed E-state index contributed by atoms with van der Waals surface area (Å²) in [6.07, 6.45) is 8.53. The van der Waals surface area contributed by atoms with Gasteiger partial charge in [0.25, 0.3) is 5.91 Å². The number of rotatable bonds is 2. The fourth-order valence-corrected chi connectivity index (χ4v) is 2.07. The van der Waals surface area contributed by atoms with Crippen molar-refractivity contribution in [3.63, 3.8) is 0 Å². The van der Waals surface area contributed by atoms with Crippen molar-refractivity contribution in [2.45, 2.75) is 38.1 Å². The van der Waals surface area contributed by atoms with Crippen molar-refractivity contribution < 1.29 is 9.90 Å². The van der Waals surface area contributed by atoms with Crippen LogP contribution in [0, 0.1) is 0 Å². The van der Waals surface area contributed by atoms with E-state index >= 15 is 0 Å². The van der Waals surface area contributed by atoms with Gasteiger partial charge < -0.3 is 10.4 Å². The molecule has 1 aromatic rings. The number of aromatic nitrogens is 1. The van der Waals surface area contributed by atoms with Crippen LogP contribution >= 0.6 is 0 Å². The maximum Gasteiger partial charge on any atom is 0.253 e. The summed E-state index contributed by atoms with van der Waals surface area (Å²) in [5.74, 6) is -0.119. The van der Waals surface area contributed by atoms with E-state index < -0.39 is 0 Å². The minimum Gasteiger partial charge on any atom is -0.506 e. The molecule has 4 nitrogen and oxygen atoms in total. The molecule has 0 radical (unpaired) electrons. The molecule has 86 valence electrons. The lowest BCUT2D eigenvalue weighted by atomic mass is 9.95. The first-order valence-electron chi connectivity index (χ1n) is 5.70. The van der Waals surface area contributed by atoms with Gasteiger partial charge in [0.2, 0.25) is 0 Å². The topological polar surface area (TPSA) is 62.2 Å². The predicted octanol–water partition coefficient (Wildman–Crippen LogP) is 1.85. The first-order chi connectivity index (χ1) is 7.75. The smallest absolute Gasteiger partial charge is 0.253 e. The number of carbonyl (C=O) groups excluding carboxylic acids is 1. The zero-order valence-electron chi connectivity index (χ0n) is 9.15. The van der Waals surface area contributed by atoms with Crippen molar-refractivity contribution in [2.24, 2.45) is 0 Å². The van der Waals surface area contributed by atoms with E-state index in [4.69, 9.17) is 0 Å². The van der Waals surface area contributed by atoms with Crippen LogP contribution in [-0.2, 0) is 0 Å². The van der Waals surface area contributed by atoms with Gasteiger partial charge in [0, 0.05) is 12.2 Å². The van der Waals surface area contributed by atoms with Crippen molar-refractivity contribution in [2.75, 3.05) is 0 Å². The Morgan fingerprint density at radius 3 is 2.75 bits per heavy atom. The number of hydrogen-bond acceptors (Lipinski definition) is 3. The maximum atomic E-state index is 11.8. The van der Waals surface area contributed by atoms with E-state index in [1.807, 2.05) is 0 Å². The van der Waals surface area contributed by atoms with E-state index in [9.17, 15) is 9.90 Å². The Balaban J connectivity index is 1.97. The number of carbonyl (C=O) groups is 1. The summed E-state index contributed by atoms with van der Waals surface area (Å²) in [6, 6.07) is 1.72. The molecule has 2 rings (SSSR count). The third-order valence-corrected chi connectivity index (χ3v) is 2.93. The van der Waals surface area contributed by atoms with Gasteiger partial charge in [-0.3, -0.25) is 9.78 Å². The predicted molar refractivity (Wildman–Crippen MR) is 60.2 cm³/mol. The molecular weight excluding hydrogens is 204 g/mol. The summed E-state index contributed by atoms with van der Waals surface area (Å²) in [5, 5.41) is 12.2. The average Bonchev–Trinajstić information content (AvgIpc) is 2.30. The van der Waals surface area contributed by atoms with Crippen LogP contribution in [0.15, 0.2) is 18.5 Å². The molecule has 0 atom stereocenters. The van der Waals surface area contributed by atoms with Crippen LogP contribution in [-0.4, -0.2) is 22.0 Å². The summed E-state index contributed by atoms with van der Waals surface area (Å²) in [4.78, 5) is 15.6. The molecule has 0 bridgehead atoms. The number of hydrogen-bond donors (Lipinski definition) is 2. The van der Waals surface area contributed by atoms with Crippen LogP contribution in [0.25, 0.3) is 0 Å².